The van der Waals surface area contributed by atoms with Crippen molar-refractivity contribution < 1.29 is 5.11 Å². The Morgan fingerprint density at radius 3 is 2.67 bits per heavy atom. The number of aromatic hydroxyl groups is 1. The zero-order chi connectivity index (χ0) is 21.0. The van der Waals surface area contributed by atoms with Crippen LogP contribution in [0, 0.1) is 0 Å². The van der Waals surface area contributed by atoms with Crippen molar-refractivity contribution in [3.63, 3.8) is 0 Å². The summed E-state index contributed by atoms with van der Waals surface area (Å²) in [4.78, 5) is 30.0. The third-order valence-corrected chi connectivity index (χ3v) is 6.17. The zero-order valence-corrected chi connectivity index (χ0v) is 16.8. The molecule has 0 radical (unpaired) electrons. The first-order valence-corrected chi connectivity index (χ1v) is 9.95. The van der Waals surface area contributed by atoms with E-state index >= 15 is 0 Å². The van der Waals surface area contributed by atoms with E-state index in [0.717, 1.165) is 38.1 Å². The lowest BCUT2D eigenvalue weighted by Gasteiger charge is -2.33. The topological polar surface area (TPSA) is 88.6 Å². The average molecular weight is 402 g/mol. The third kappa shape index (κ3) is 2.59. The second kappa shape index (κ2) is 6.81. The maximum Gasteiger partial charge on any atom is 0.333 e. The highest BCUT2D eigenvalue weighted by Crippen LogP contribution is 2.44. The summed E-state index contributed by atoms with van der Waals surface area (Å²) in [6.07, 6.45) is 6.85. The van der Waals surface area contributed by atoms with Crippen molar-refractivity contribution in [2.75, 3.05) is 6.54 Å². The molecule has 1 saturated heterocycles. The minimum Gasteiger partial charge on any atom is -0.494 e. The van der Waals surface area contributed by atoms with Crippen molar-refractivity contribution >= 4 is 5.71 Å². The fourth-order valence-corrected chi connectivity index (χ4v) is 4.61. The van der Waals surface area contributed by atoms with E-state index in [9.17, 15) is 14.7 Å². The molecule has 2 N–H and O–H groups in total. The van der Waals surface area contributed by atoms with Crippen molar-refractivity contribution in [2.45, 2.75) is 18.4 Å². The fourth-order valence-electron chi connectivity index (χ4n) is 4.61. The van der Waals surface area contributed by atoms with Crippen molar-refractivity contribution in [3.8, 4) is 5.88 Å². The van der Waals surface area contributed by atoms with Crippen LogP contribution in [-0.2, 0) is 14.1 Å². The summed E-state index contributed by atoms with van der Waals surface area (Å²) in [7, 11) is 2.88. The Balaban J connectivity index is 1.71. The van der Waals surface area contributed by atoms with Gasteiger partial charge in [-0.05, 0) is 29.2 Å². The first-order chi connectivity index (χ1) is 14.5. The van der Waals surface area contributed by atoms with Crippen LogP contribution in [0.4, 0.5) is 0 Å². The smallest absolute Gasteiger partial charge is 0.333 e. The van der Waals surface area contributed by atoms with Gasteiger partial charge < -0.3 is 10.4 Å². The molecule has 2 unspecified atom stereocenters. The highest BCUT2D eigenvalue weighted by molar-refractivity contribution is 6.11. The number of rotatable bonds is 2. The summed E-state index contributed by atoms with van der Waals surface area (Å²) in [6.45, 7) is 0.592. The number of allylic oxidation sites excluding steroid dienone is 4. The Kier molecular flexibility index (Phi) is 4.22. The zero-order valence-electron chi connectivity index (χ0n) is 16.8. The standard InChI is InChI=1S/C23H22N4O3/c1-26-21(28)18(22(29)27(2)23(26)30)19-20-17(14-10-6-7-11-16(14)25-20)15(12-24-19)13-8-4-3-5-9-13/h3-9,11,15,19,24,28H,10,12H2,1-2H3. The lowest BCUT2D eigenvalue weighted by atomic mass is 9.78. The molecular formula is C23H22N4O3. The van der Waals surface area contributed by atoms with Gasteiger partial charge in [0.15, 0.2) is 0 Å². The number of fused-ring (bicyclic) bond motifs is 2. The second-order valence-electron chi connectivity index (χ2n) is 7.82. The molecule has 0 saturated carbocycles. The first-order valence-electron chi connectivity index (χ1n) is 9.95. The summed E-state index contributed by atoms with van der Waals surface area (Å²) in [6, 6.07) is 9.63. The molecule has 1 aromatic heterocycles. The molecule has 3 heterocycles. The summed E-state index contributed by atoms with van der Waals surface area (Å²) in [5.74, 6) is -0.236. The number of aromatic nitrogens is 2. The largest absolute Gasteiger partial charge is 0.494 e. The molecule has 152 valence electrons. The Bertz CT molecular complexity index is 1290. The average Bonchev–Trinajstić information content (AvgIpc) is 3.17. The van der Waals surface area contributed by atoms with Gasteiger partial charge in [0.05, 0.1) is 17.5 Å². The van der Waals surface area contributed by atoms with Crippen LogP contribution >= 0.6 is 0 Å². The second-order valence-corrected chi connectivity index (χ2v) is 7.82. The number of nitrogens with zero attached hydrogens (tertiary/aromatic N) is 3. The molecule has 2 aliphatic heterocycles. The van der Waals surface area contributed by atoms with Crippen LogP contribution in [0.3, 0.4) is 0 Å². The molecule has 1 aromatic carbocycles. The van der Waals surface area contributed by atoms with E-state index < -0.39 is 17.3 Å². The summed E-state index contributed by atoms with van der Waals surface area (Å²) >= 11 is 0. The molecular weight excluding hydrogens is 380 g/mol. The van der Waals surface area contributed by atoms with E-state index in [1.165, 1.54) is 19.7 Å². The van der Waals surface area contributed by atoms with E-state index in [1.54, 1.807) is 0 Å². The Hall–Kier alpha value is -3.45. The monoisotopic (exact) mass is 402 g/mol. The summed E-state index contributed by atoms with van der Waals surface area (Å²) < 4.78 is 2.12. The Morgan fingerprint density at radius 1 is 1.13 bits per heavy atom. The van der Waals surface area contributed by atoms with Gasteiger partial charge in [0.1, 0.15) is 5.56 Å². The normalized spacial score (nSPS) is 22.5. The molecule has 1 aliphatic carbocycles. The van der Waals surface area contributed by atoms with Crippen LogP contribution in [-0.4, -0.2) is 26.5 Å². The number of hydrogen-bond acceptors (Lipinski definition) is 5. The SMILES string of the molecule is Cn1c(O)c(C2NCC(c3ccccc3)C3=C4CC=CC=C4N=C32)c(=O)n(C)c1=O. The number of hydrogen-bond donors (Lipinski definition) is 2. The van der Waals surface area contributed by atoms with Crippen LogP contribution in [0.1, 0.15) is 29.5 Å². The molecule has 30 heavy (non-hydrogen) atoms. The molecule has 7 nitrogen and oxygen atoms in total. The van der Waals surface area contributed by atoms with Crippen LogP contribution < -0.4 is 16.6 Å². The molecule has 3 aliphatic rings. The van der Waals surface area contributed by atoms with E-state index in [4.69, 9.17) is 4.99 Å². The van der Waals surface area contributed by atoms with Gasteiger partial charge in [-0.25, -0.2) is 4.79 Å². The molecule has 0 spiro atoms. The van der Waals surface area contributed by atoms with Crippen LogP contribution in [0.15, 0.2) is 80.0 Å². The highest BCUT2D eigenvalue weighted by Gasteiger charge is 2.41. The van der Waals surface area contributed by atoms with E-state index in [2.05, 4.69) is 23.5 Å². The number of benzene rings is 1. The van der Waals surface area contributed by atoms with Gasteiger partial charge in [0.2, 0.25) is 5.88 Å². The van der Waals surface area contributed by atoms with Crippen LogP contribution in [0.2, 0.25) is 0 Å². The van der Waals surface area contributed by atoms with Crippen molar-refractivity contribution in [2.24, 2.45) is 19.1 Å². The Labute approximate surface area is 173 Å². The van der Waals surface area contributed by atoms with E-state index in [1.807, 2.05) is 30.4 Å². The van der Waals surface area contributed by atoms with E-state index in [-0.39, 0.29) is 17.4 Å². The van der Waals surface area contributed by atoms with Gasteiger partial charge >= 0.3 is 5.69 Å². The quantitative estimate of drug-likeness (QED) is 0.802. The van der Waals surface area contributed by atoms with Gasteiger partial charge in [-0.15, -0.1) is 0 Å². The lowest BCUT2D eigenvalue weighted by molar-refractivity contribution is 0.395. The Morgan fingerprint density at radius 2 is 1.90 bits per heavy atom. The summed E-state index contributed by atoms with van der Waals surface area (Å²) in [5.41, 5.74) is 4.16. The van der Waals surface area contributed by atoms with E-state index in [0.29, 0.717) is 6.54 Å². The predicted octanol–water partition coefficient (Wildman–Crippen LogP) is 1.81. The van der Waals surface area contributed by atoms with Crippen LogP contribution in [0.25, 0.3) is 0 Å². The number of piperidine rings is 1. The first kappa shape index (κ1) is 18.6. The molecule has 1 fully saturated rings. The van der Waals surface area contributed by atoms with Crippen molar-refractivity contribution in [1.29, 1.82) is 0 Å². The van der Waals surface area contributed by atoms with Gasteiger partial charge in [0.25, 0.3) is 5.56 Å². The summed E-state index contributed by atoms with van der Waals surface area (Å²) in [5, 5.41) is 14.1. The van der Waals surface area contributed by atoms with Gasteiger partial charge in [-0.3, -0.25) is 18.9 Å². The molecule has 2 atom stereocenters. The van der Waals surface area contributed by atoms with Gasteiger partial charge in [-0.1, -0.05) is 42.5 Å². The molecule has 7 heteroatoms. The molecule has 5 rings (SSSR count). The maximum atomic E-state index is 13.0. The number of aliphatic imine (C=N–C) groups is 1. The van der Waals surface area contributed by atoms with Crippen LogP contribution in [0.5, 0.6) is 5.88 Å². The minimum absolute atomic E-state index is 0.0899. The highest BCUT2D eigenvalue weighted by atomic mass is 16.3. The molecule has 0 bridgehead atoms. The van der Waals surface area contributed by atoms with Gasteiger partial charge in [0, 0.05) is 26.6 Å². The molecule has 2 aromatic rings. The minimum atomic E-state index is -0.593. The van der Waals surface area contributed by atoms with Crippen molar-refractivity contribution in [3.05, 3.63) is 97.4 Å². The number of nitrogens with one attached hydrogen (secondary N) is 1. The third-order valence-electron chi connectivity index (χ3n) is 6.17. The van der Waals surface area contributed by atoms with Gasteiger partial charge in [-0.2, -0.15) is 0 Å². The lowest BCUT2D eigenvalue weighted by Crippen LogP contribution is -2.46. The molecule has 0 amide bonds. The van der Waals surface area contributed by atoms with Crippen molar-refractivity contribution in [1.82, 2.24) is 14.5 Å². The fraction of sp³-hybridized carbons (Fsp3) is 0.261. The maximum absolute atomic E-state index is 13.0. The predicted molar refractivity (Wildman–Crippen MR) is 115 cm³/mol.